The van der Waals surface area contributed by atoms with Crippen molar-refractivity contribution in [3.8, 4) is 17.2 Å². The Balaban J connectivity index is 1.38. The van der Waals surface area contributed by atoms with E-state index in [9.17, 15) is 14.9 Å². The molecule has 1 saturated heterocycles. The molecule has 2 aromatic heterocycles. The van der Waals surface area contributed by atoms with Crippen LogP contribution < -0.4 is 5.32 Å². The third kappa shape index (κ3) is 4.09. The number of fused-ring (bicyclic) bond motifs is 2. The number of carbonyl (C=O) groups excluding carboxylic acids is 2. The molecule has 1 aliphatic rings. The summed E-state index contributed by atoms with van der Waals surface area (Å²) < 4.78 is 0. The fourth-order valence-electron chi connectivity index (χ4n) is 5.03. The van der Waals surface area contributed by atoms with Crippen LogP contribution >= 0.6 is 0 Å². The minimum Gasteiger partial charge on any atom is -0.336 e. The molecule has 0 aliphatic carbocycles. The highest BCUT2D eigenvalue weighted by Crippen LogP contribution is 2.34. The molecule has 3 heterocycles. The summed E-state index contributed by atoms with van der Waals surface area (Å²) in [4.78, 5) is 40.4. The van der Waals surface area contributed by atoms with E-state index in [4.69, 9.17) is 0 Å². The molecule has 6 rings (SSSR count). The second-order valence-corrected chi connectivity index (χ2v) is 9.37. The Kier molecular flexibility index (Phi) is 5.91. The summed E-state index contributed by atoms with van der Waals surface area (Å²) >= 11 is 0. The van der Waals surface area contributed by atoms with Crippen LogP contribution in [0.3, 0.4) is 0 Å². The Labute approximate surface area is 218 Å². The van der Waals surface area contributed by atoms with Gasteiger partial charge in [0.05, 0.1) is 22.7 Å². The quantitative estimate of drug-likeness (QED) is 0.357. The number of nitrogens with zero attached hydrogens (tertiary/aromatic N) is 4. The molecule has 0 bridgehead atoms. The zero-order valence-electron chi connectivity index (χ0n) is 20.8. The number of nitrogens with one attached hydrogen (secondary N) is 2. The van der Waals surface area contributed by atoms with Crippen molar-refractivity contribution < 1.29 is 9.59 Å². The number of hydrogen-bond acceptors (Lipinski definition) is 6. The lowest BCUT2D eigenvalue weighted by atomic mass is 9.92. The van der Waals surface area contributed by atoms with Crippen LogP contribution in [0.15, 0.2) is 66.9 Å². The third-order valence-corrected chi connectivity index (χ3v) is 7.01. The van der Waals surface area contributed by atoms with Crippen molar-refractivity contribution in [2.24, 2.45) is 0 Å². The molecule has 0 unspecified atom stereocenters. The van der Waals surface area contributed by atoms with Gasteiger partial charge >= 0.3 is 0 Å². The Morgan fingerprint density at radius 2 is 1.79 bits per heavy atom. The van der Waals surface area contributed by atoms with Crippen LogP contribution in [-0.4, -0.2) is 57.7 Å². The number of aromatic nitrogens is 3. The van der Waals surface area contributed by atoms with Gasteiger partial charge in [-0.1, -0.05) is 24.3 Å². The summed E-state index contributed by atoms with van der Waals surface area (Å²) in [6.45, 7) is 4.78. The monoisotopic (exact) mass is 500 g/mol. The Morgan fingerprint density at radius 1 is 1.00 bits per heavy atom. The number of pyridine rings is 1. The lowest BCUT2D eigenvalue weighted by molar-refractivity contribution is 0.0736. The lowest BCUT2D eigenvalue weighted by Gasteiger charge is -2.27. The fourth-order valence-corrected chi connectivity index (χ4v) is 5.03. The molecule has 1 aliphatic heterocycles. The predicted octanol–water partition coefficient (Wildman–Crippen LogP) is 4.23. The second-order valence-electron chi connectivity index (χ2n) is 9.37. The van der Waals surface area contributed by atoms with Crippen LogP contribution in [0.5, 0.6) is 0 Å². The van der Waals surface area contributed by atoms with E-state index in [1.165, 1.54) is 0 Å². The standard InChI is InChI=1S/C30H24N6O2/c1-18-27(23-5-3-2-4-22(23)17-33-18)24-14-19(6-7-21(24)16-31)28(37)29-34-25-9-8-20(15-26(25)35-29)30(38)36-12-10-32-11-13-36/h2-9,14-15,17,32H,10-13H2,1H3,(H,34,35). The van der Waals surface area contributed by atoms with Gasteiger partial charge in [-0.25, -0.2) is 4.98 Å². The van der Waals surface area contributed by atoms with E-state index in [-0.39, 0.29) is 17.5 Å². The Morgan fingerprint density at radius 3 is 2.61 bits per heavy atom. The zero-order chi connectivity index (χ0) is 26.2. The first-order valence-corrected chi connectivity index (χ1v) is 12.5. The summed E-state index contributed by atoms with van der Waals surface area (Å²) in [5.74, 6) is -0.158. The normalized spacial score (nSPS) is 13.5. The van der Waals surface area contributed by atoms with Crippen LogP contribution in [0.25, 0.3) is 32.9 Å². The van der Waals surface area contributed by atoms with E-state index in [1.54, 1.807) is 36.4 Å². The molecule has 0 saturated carbocycles. The first-order valence-electron chi connectivity index (χ1n) is 12.5. The molecule has 0 spiro atoms. The van der Waals surface area contributed by atoms with E-state index < -0.39 is 0 Å². The van der Waals surface area contributed by atoms with Gasteiger partial charge in [-0.15, -0.1) is 0 Å². The zero-order valence-corrected chi connectivity index (χ0v) is 20.8. The number of aromatic amines is 1. The number of benzene rings is 3. The molecule has 8 nitrogen and oxygen atoms in total. The van der Waals surface area contributed by atoms with Crippen LogP contribution in [0, 0.1) is 18.3 Å². The molecule has 1 fully saturated rings. The minimum absolute atomic E-state index is 0.0355. The first-order chi connectivity index (χ1) is 18.5. The average Bonchev–Trinajstić information content (AvgIpc) is 3.40. The number of piperazine rings is 1. The van der Waals surface area contributed by atoms with Gasteiger partial charge in [0.2, 0.25) is 5.78 Å². The largest absolute Gasteiger partial charge is 0.336 e. The van der Waals surface area contributed by atoms with Crippen molar-refractivity contribution >= 4 is 33.5 Å². The van der Waals surface area contributed by atoms with Gasteiger partial charge in [0, 0.05) is 65.7 Å². The molecule has 38 heavy (non-hydrogen) atoms. The first kappa shape index (κ1) is 23.5. The number of imidazole rings is 1. The highest BCUT2D eigenvalue weighted by molar-refractivity contribution is 6.10. The van der Waals surface area contributed by atoms with Crippen molar-refractivity contribution in [2.45, 2.75) is 6.92 Å². The second kappa shape index (κ2) is 9.54. The van der Waals surface area contributed by atoms with Gasteiger partial charge in [0.25, 0.3) is 5.91 Å². The van der Waals surface area contributed by atoms with Crippen LogP contribution in [0.1, 0.15) is 37.8 Å². The number of aryl methyl sites for hydroxylation is 1. The highest BCUT2D eigenvalue weighted by atomic mass is 16.2. The van der Waals surface area contributed by atoms with E-state index in [0.29, 0.717) is 46.4 Å². The molecule has 8 heteroatoms. The van der Waals surface area contributed by atoms with Gasteiger partial charge in [-0.05, 0) is 48.7 Å². The van der Waals surface area contributed by atoms with Crippen molar-refractivity contribution in [3.63, 3.8) is 0 Å². The van der Waals surface area contributed by atoms with E-state index >= 15 is 0 Å². The number of rotatable bonds is 4. The SMILES string of the molecule is Cc1ncc2ccccc2c1-c1cc(C(=O)c2nc3ccc(C(=O)N4CCNCC4)cc3[nH]2)ccc1C#N. The number of nitriles is 1. The van der Waals surface area contributed by atoms with Gasteiger partial charge in [-0.2, -0.15) is 5.26 Å². The number of H-pyrrole nitrogens is 1. The van der Waals surface area contributed by atoms with Crippen LogP contribution in [0.4, 0.5) is 0 Å². The van der Waals surface area contributed by atoms with Gasteiger partial charge < -0.3 is 15.2 Å². The maximum absolute atomic E-state index is 13.5. The van der Waals surface area contributed by atoms with Crippen molar-refractivity contribution in [3.05, 3.63) is 95.1 Å². The molecule has 186 valence electrons. The van der Waals surface area contributed by atoms with Crippen LogP contribution in [0.2, 0.25) is 0 Å². The maximum atomic E-state index is 13.5. The predicted molar refractivity (Wildman–Crippen MR) is 145 cm³/mol. The Bertz CT molecular complexity index is 1780. The molecule has 0 radical (unpaired) electrons. The number of ketones is 1. The number of amides is 1. The minimum atomic E-state index is -0.298. The smallest absolute Gasteiger partial charge is 0.254 e. The summed E-state index contributed by atoms with van der Waals surface area (Å²) in [6.07, 6.45) is 1.81. The summed E-state index contributed by atoms with van der Waals surface area (Å²) in [5, 5.41) is 15.0. The van der Waals surface area contributed by atoms with E-state index in [2.05, 4.69) is 26.3 Å². The van der Waals surface area contributed by atoms with Gasteiger partial charge in [0.15, 0.2) is 5.82 Å². The van der Waals surface area contributed by atoms with Crippen LogP contribution in [-0.2, 0) is 0 Å². The molecule has 5 aromatic rings. The molecular formula is C30H24N6O2. The molecule has 3 aromatic carbocycles. The lowest BCUT2D eigenvalue weighted by Crippen LogP contribution is -2.46. The van der Waals surface area contributed by atoms with Crippen molar-refractivity contribution in [2.75, 3.05) is 26.2 Å². The molecule has 2 N–H and O–H groups in total. The Hall–Kier alpha value is -4.87. The van der Waals surface area contributed by atoms with Gasteiger partial charge in [0.1, 0.15) is 0 Å². The fraction of sp³-hybridized carbons (Fsp3) is 0.167. The number of carbonyl (C=O) groups is 2. The topological polar surface area (TPSA) is 115 Å². The maximum Gasteiger partial charge on any atom is 0.254 e. The molecule has 0 atom stereocenters. The average molecular weight is 501 g/mol. The molecule has 1 amide bonds. The van der Waals surface area contributed by atoms with E-state index in [1.807, 2.05) is 42.3 Å². The summed E-state index contributed by atoms with van der Waals surface area (Å²) in [6, 6.07) is 20.4. The number of hydrogen-bond donors (Lipinski definition) is 2. The highest BCUT2D eigenvalue weighted by Gasteiger charge is 2.21. The van der Waals surface area contributed by atoms with Crippen molar-refractivity contribution in [1.82, 2.24) is 25.2 Å². The molecular weight excluding hydrogens is 476 g/mol. The van der Waals surface area contributed by atoms with Crippen molar-refractivity contribution in [1.29, 1.82) is 5.26 Å². The van der Waals surface area contributed by atoms with Gasteiger partial charge in [-0.3, -0.25) is 14.6 Å². The summed E-state index contributed by atoms with van der Waals surface area (Å²) in [5.41, 5.74) is 4.91. The van der Waals surface area contributed by atoms with E-state index in [0.717, 1.165) is 35.1 Å². The summed E-state index contributed by atoms with van der Waals surface area (Å²) in [7, 11) is 0. The third-order valence-electron chi connectivity index (χ3n) is 7.01.